The van der Waals surface area contributed by atoms with Crippen molar-refractivity contribution in [3.63, 3.8) is 0 Å². The number of hydrogen-bond acceptors (Lipinski definition) is 16. The number of carbonyl (C=O) groups excluding carboxylic acids is 1. The summed E-state index contributed by atoms with van der Waals surface area (Å²) in [5.74, 6) is -2.61. The molecule has 16 nitrogen and oxygen atoms in total. The molecule has 4 heterocycles. The highest BCUT2D eigenvalue weighted by atomic mass is 33.1. The third kappa shape index (κ3) is 10.2. The molecular formula is C45H52N4O12S2. The van der Waals surface area contributed by atoms with Crippen LogP contribution in [-0.2, 0) is 19.1 Å². The van der Waals surface area contributed by atoms with E-state index in [0.717, 1.165) is 17.6 Å². The SMILES string of the molecule is CNCCC(CC=Cc1ccccc1)C1CNC(O)C2(O)C(Oc3ccc4c(c3)OC(C(N)=O)C(c3ccc(O)cc3)=C4O)OC(C(=O)O)C(O)C2OCSSCC1C1=CCN=C1. The van der Waals surface area contributed by atoms with Gasteiger partial charge < -0.3 is 60.6 Å². The number of aliphatic hydroxyl groups excluding tert-OH is 3. The predicted octanol–water partition coefficient (Wildman–Crippen LogP) is 3.56. The van der Waals surface area contributed by atoms with Gasteiger partial charge in [-0.25, -0.2) is 4.79 Å². The number of phenols is 1. The lowest BCUT2D eigenvalue weighted by Gasteiger charge is -2.50. The van der Waals surface area contributed by atoms with Gasteiger partial charge in [-0.05, 0) is 85.2 Å². The van der Waals surface area contributed by atoms with E-state index in [9.17, 15) is 40.2 Å². The first kappa shape index (κ1) is 46.1. The van der Waals surface area contributed by atoms with Gasteiger partial charge >= 0.3 is 5.97 Å². The molecular weight excluding hydrogens is 853 g/mol. The van der Waals surface area contributed by atoms with Gasteiger partial charge in [0.05, 0.1) is 17.7 Å². The van der Waals surface area contributed by atoms with E-state index in [1.807, 2.05) is 43.6 Å². The predicted molar refractivity (Wildman–Crippen MR) is 240 cm³/mol. The van der Waals surface area contributed by atoms with E-state index in [1.165, 1.54) is 64.1 Å². The number of ether oxygens (including phenoxy) is 4. The van der Waals surface area contributed by atoms with E-state index >= 15 is 0 Å². The number of benzene rings is 3. The molecule has 0 radical (unpaired) electrons. The first-order valence-electron chi connectivity index (χ1n) is 20.5. The maximum absolute atomic E-state index is 12.8. The van der Waals surface area contributed by atoms with Crippen LogP contribution in [0.3, 0.4) is 0 Å². The van der Waals surface area contributed by atoms with Gasteiger partial charge in [0.25, 0.3) is 5.91 Å². The van der Waals surface area contributed by atoms with Crippen LogP contribution in [0.4, 0.5) is 0 Å². The summed E-state index contributed by atoms with van der Waals surface area (Å²) in [4.78, 5) is 29.7. The fourth-order valence-corrected chi connectivity index (χ4v) is 10.5. The summed E-state index contributed by atoms with van der Waals surface area (Å²) >= 11 is 0. The number of aliphatic hydroxyl groups is 4. The number of fused-ring (bicyclic) bond motifs is 2. The number of aliphatic imine (C=N–C) groups is 1. The molecule has 10 unspecified atom stereocenters. The summed E-state index contributed by atoms with van der Waals surface area (Å²) < 4.78 is 24.1. The molecule has 0 bridgehead atoms. The number of carboxylic acids is 1. The van der Waals surface area contributed by atoms with Gasteiger partial charge in [-0.1, -0.05) is 82.3 Å². The summed E-state index contributed by atoms with van der Waals surface area (Å²) in [6.45, 7) is 1.43. The van der Waals surface area contributed by atoms with Crippen molar-refractivity contribution in [2.24, 2.45) is 28.5 Å². The number of nitrogens with zero attached hydrogens (tertiary/aromatic N) is 1. The van der Waals surface area contributed by atoms with Gasteiger partial charge in [-0.15, -0.1) is 0 Å². The molecule has 0 aliphatic carbocycles. The number of aliphatic carboxylic acids is 1. The zero-order valence-electron chi connectivity index (χ0n) is 34.4. The van der Waals surface area contributed by atoms with Crippen molar-refractivity contribution in [2.75, 3.05) is 38.4 Å². The van der Waals surface area contributed by atoms with E-state index in [0.29, 0.717) is 30.8 Å². The van der Waals surface area contributed by atoms with Crippen LogP contribution in [0.25, 0.3) is 17.4 Å². The van der Waals surface area contributed by atoms with E-state index < -0.39 is 54.4 Å². The first-order valence-corrected chi connectivity index (χ1v) is 23.0. The van der Waals surface area contributed by atoms with Crippen molar-refractivity contribution in [3.8, 4) is 17.2 Å². The van der Waals surface area contributed by atoms with Gasteiger partial charge in [0, 0.05) is 24.6 Å². The van der Waals surface area contributed by atoms with Crippen molar-refractivity contribution < 1.29 is 59.2 Å². The first-order chi connectivity index (χ1) is 30.4. The Morgan fingerprint density at radius 1 is 1.10 bits per heavy atom. The average Bonchev–Trinajstić information content (AvgIpc) is 3.81. The topological polar surface area (TPSA) is 255 Å². The molecule has 3 aromatic rings. The molecule has 2 fully saturated rings. The van der Waals surface area contributed by atoms with Crippen molar-refractivity contribution >= 4 is 57.1 Å². The number of nitrogens with two attached hydrogens (primary N) is 1. The molecule has 3 aromatic carbocycles. The maximum atomic E-state index is 12.8. The van der Waals surface area contributed by atoms with Crippen LogP contribution >= 0.6 is 21.6 Å². The lowest BCUT2D eigenvalue weighted by atomic mass is 9.75. The number of amides is 1. The van der Waals surface area contributed by atoms with Crippen LogP contribution in [0.1, 0.15) is 29.5 Å². The quantitative estimate of drug-likeness (QED) is 0.111. The average molecular weight is 905 g/mol. The van der Waals surface area contributed by atoms with E-state index in [4.69, 9.17) is 24.7 Å². The molecule has 4 aliphatic heterocycles. The molecule has 1 amide bonds. The highest BCUT2D eigenvalue weighted by molar-refractivity contribution is 8.76. The van der Waals surface area contributed by atoms with Crippen molar-refractivity contribution in [1.82, 2.24) is 10.6 Å². The van der Waals surface area contributed by atoms with Gasteiger partial charge in [-0.2, -0.15) is 0 Å². The second kappa shape index (κ2) is 20.7. The number of nitrogens with one attached hydrogen (secondary N) is 2. The number of primary amides is 1. The molecule has 7 rings (SSSR count). The van der Waals surface area contributed by atoms with E-state index in [2.05, 4.69) is 33.9 Å². The van der Waals surface area contributed by atoms with Crippen molar-refractivity contribution in [2.45, 2.75) is 55.4 Å². The summed E-state index contributed by atoms with van der Waals surface area (Å²) in [6.07, 6.45) is -1.39. The standard InChI is InChI=1S/C45H52N4O12S2/c1-47-18-16-26(9-5-8-25-6-3-2-4-7-25)32-22-49-43(56)45(57)40(58-24-63-62-23-33(32)28-17-19-48-21-28)37(52)39(42(54)55)61-44(45)59-30-14-15-31-34(20-30)60-38(41(46)53)35(36(31)51)27-10-12-29(50)13-11-27/h2-8,10-15,17,20-21,26,32-33,37-40,43-44,47,49-52,56-57H,9,16,18-19,22-24H2,1H3,(H2,46,53)(H,54,55). The molecule has 10 N–H and O–H groups in total. The Hall–Kier alpha value is -4.89. The minimum Gasteiger partial charge on any atom is -0.508 e. The van der Waals surface area contributed by atoms with Crippen LogP contribution in [0.15, 0.2) is 95.5 Å². The Labute approximate surface area is 372 Å². The summed E-state index contributed by atoms with van der Waals surface area (Å²) in [7, 11) is 4.74. The lowest BCUT2D eigenvalue weighted by Crippen LogP contribution is -2.75. The fraction of sp³-hybridized carbons (Fsp3) is 0.400. The number of rotatable bonds is 13. The second-order valence-electron chi connectivity index (χ2n) is 15.7. The molecule has 10 atom stereocenters. The summed E-state index contributed by atoms with van der Waals surface area (Å²) in [5.41, 5.74) is 5.75. The Balaban J connectivity index is 1.23. The molecule has 0 spiro atoms. The molecule has 2 saturated heterocycles. The van der Waals surface area contributed by atoms with Crippen molar-refractivity contribution in [3.05, 3.63) is 107 Å². The monoisotopic (exact) mass is 904 g/mol. The maximum Gasteiger partial charge on any atom is 0.335 e. The molecule has 0 saturated carbocycles. The summed E-state index contributed by atoms with van der Waals surface area (Å²) in [6, 6.07) is 19.8. The third-order valence-corrected chi connectivity index (χ3v) is 13.9. The third-order valence-electron chi connectivity index (χ3n) is 11.8. The smallest absolute Gasteiger partial charge is 0.335 e. The molecule has 336 valence electrons. The highest BCUT2D eigenvalue weighted by Crippen LogP contribution is 2.44. The zero-order chi connectivity index (χ0) is 44.7. The van der Waals surface area contributed by atoms with Crippen LogP contribution in [-0.4, -0.2) is 130 Å². The highest BCUT2D eigenvalue weighted by Gasteiger charge is 2.63. The number of phenolic OH excluding ortho intramolecular Hbond substituents is 1. The minimum absolute atomic E-state index is 0.0360. The zero-order valence-corrected chi connectivity index (χ0v) is 36.0. The largest absolute Gasteiger partial charge is 0.508 e. The van der Waals surface area contributed by atoms with E-state index in [1.54, 1.807) is 0 Å². The fourth-order valence-electron chi connectivity index (χ4n) is 8.48. The van der Waals surface area contributed by atoms with Crippen LogP contribution in [0.5, 0.6) is 17.2 Å². The van der Waals surface area contributed by atoms with Crippen LogP contribution in [0, 0.1) is 17.8 Å². The van der Waals surface area contributed by atoms with Gasteiger partial charge in [0.15, 0.2) is 11.7 Å². The Morgan fingerprint density at radius 2 is 1.87 bits per heavy atom. The normalized spacial score (nSPS) is 29.4. The molecule has 18 heteroatoms. The van der Waals surface area contributed by atoms with Gasteiger partial charge in [0.2, 0.25) is 12.4 Å². The summed E-state index contributed by atoms with van der Waals surface area (Å²) in [5, 5.41) is 74.3. The minimum atomic E-state index is -2.65. The number of hydrogen-bond donors (Lipinski definition) is 9. The van der Waals surface area contributed by atoms with Gasteiger partial charge in [-0.3, -0.25) is 15.1 Å². The number of carbonyl (C=O) groups is 2. The molecule has 0 aromatic heterocycles. The van der Waals surface area contributed by atoms with Gasteiger partial charge in [0.1, 0.15) is 47.4 Å². The van der Waals surface area contributed by atoms with Crippen molar-refractivity contribution in [1.29, 1.82) is 0 Å². The van der Waals surface area contributed by atoms with Crippen LogP contribution in [0.2, 0.25) is 0 Å². The number of allylic oxidation sites excluding steroid dienone is 2. The number of aromatic hydroxyl groups is 1. The van der Waals surface area contributed by atoms with Crippen LogP contribution < -0.4 is 25.8 Å². The molecule has 4 aliphatic rings. The Morgan fingerprint density at radius 3 is 2.57 bits per heavy atom. The second-order valence-corrected chi connectivity index (χ2v) is 18.1. The molecule has 63 heavy (non-hydrogen) atoms. The lowest BCUT2D eigenvalue weighted by molar-refractivity contribution is -0.342. The Kier molecular flexibility index (Phi) is 15.2. The van der Waals surface area contributed by atoms with E-state index in [-0.39, 0.29) is 64.4 Å². The Bertz CT molecular complexity index is 2210. The number of carboxylic acid groups (broad SMARTS) is 1.